The van der Waals surface area contributed by atoms with Crippen LogP contribution < -0.4 is 9.47 Å². The molecule has 3 rings (SSSR count). The van der Waals surface area contributed by atoms with E-state index in [0.29, 0.717) is 31.6 Å². The molecule has 2 atom stereocenters. The smallest absolute Gasteiger partial charge is 0.119 e. The molecule has 0 unspecified atom stereocenters. The summed E-state index contributed by atoms with van der Waals surface area (Å²) in [6.07, 6.45) is -0.470. The Labute approximate surface area is 202 Å². The lowest BCUT2D eigenvalue weighted by Gasteiger charge is -2.28. The Morgan fingerprint density at radius 1 is 0.938 bits per heavy atom. The first kappa shape index (κ1) is 25.2. The highest BCUT2D eigenvalue weighted by atomic mass is 35.5. The highest BCUT2D eigenvalue weighted by molar-refractivity contribution is 7.99. The molecule has 1 fully saturated rings. The highest BCUT2D eigenvalue weighted by Gasteiger charge is 2.23. The van der Waals surface area contributed by atoms with Crippen molar-refractivity contribution in [3.05, 3.63) is 59.7 Å². The summed E-state index contributed by atoms with van der Waals surface area (Å²) in [6, 6.07) is 16.5. The van der Waals surface area contributed by atoms with Crippen molar-refractivity contribution in [3.63, 3.8) is 0 Å². The average molecular weight is 478 g/mol. The van der Waals surface area contributed by atoms with Gasteiger partial charge in [0.15, 0.2) is 0 Å². The van der Waals surface area contributed by atoms with E-state index in [2.05, 4.69) is 49.9 Å². The van der Waals surface area contributed by atoms with E-state index in [4.69, 9.17) is 21.1 Å². The number of aliphatic hydroxyl groups excluding tert-OH is 1. The van der Waals surface area contributed by atoms with Crippen LogP contribution in [-0.4, -0.2) is 66.3 Å². The molecule has 1 saturated heterocycles. The van der Waals surface area contributed by atoms with Crippen molar-refractivity contribution in [3.8, 4) is 11.5 Å². The second kappa shape index (κ2) is 12.2. The highest BCUT2D eigenvalue weighted by Crippen LogP contribution is 2.33. The first-order valence-electron chi connectivity index (χ1n) is 11.4. The summed E-state index contributed by atoms with van der Waals surface area (Å²) in [5.41, 5.74) is 2.28. The molecule has 2 aromatic rings. The van der Waals surface area contributed by atoms with E-state index < -0.39 is 6.10 Å². The maximum Gasteiger partial charge on any atom is 0.119 e. The SMILES string of the molecule is C[C@H](CCl)COc1ccc(C(C)(C)c2ccc(OC[C@H](O)CN3CCSCC3)cc2)cc1. The molecule has 0 amide bonds. The van der Waals surface area contributed by atoms with Crippen LogP contribution in [0.3, 0.4) is 0 Å². The van der Waals surface area contributed by atoms with Gasteiger partial charge in [-0.25, -0.2) is 0 Å². The number of hydrogen-bond acceptors (Lipinski definition) is 5. The molecule has 0 aromatic heterocycles. The third-order valence-corrected chi connectivity index (χ3v) is 7.43. The zero-order valence-corrected chi connectivity index (χ0v) is 21.0. The van der Waals surface area contributed by atoms with Crippen molar-refractivity contribution in [1.82, 2.24) is 4.90 Å². The molecular weight excluding hydrogens is 442 g/mol. The second-order valence-electron chi connectivity index (χ2n) is 9.12. The summed E-state index contributed by atoms with van der Waals surface area (Å²) in [5, 5.41) is 10.3. The number of rotatable bonds is 11. The first-order valence-corrected chi connectivity index (χ1v) is 13.1. The summed E-state index contributed by atoms with van der Waals surface area (Å²) in [6.45, 7) is 10.2. The van der Waals surface area contributed by atoms with Gasteiger partial charge in [-0.15, -0.1) is 11.6 Å². The van der Waals surface area contributed by atoms with Gasteiger partial charge in [-0.3, -0.25) is 4.90 Å². The van der Waals surface area contributed by atoms with Crippen molar-refractivity contribution < 1.29 is 14.6 Å². The Morgan fingerprint density at radius 2 is 1.44 bits per heavy atom. The summed E-state index contributed by atoms with van der Waals surface area (Å²) < 4.78 is 11.7. The van der Waals surface area contributed by atoms with E-state index in [1.54, 1.807) is 0 Å². The maximum atomic E-state index is 10.3. The van der Waals surface area contributed by atoms with Gasteiger partial charge in [0.25, 0.3) is 0 Å². The number of hydrogen-bond donors (Lipinski definition) is 1. The van der Waals surface area contributed by atoms with Crippen LogP contribution in [0, 0.1) is 5.92 Å². The fraction of sp³-hybridized carbons (Fsp3) is 0.538. The summed E-state index contributed by atoms with van der Waals surface area (Å²) in [4.78, 5) is 2.31. The van der Waals surface area contributed by atoms with Crippen molar-refractivity contribution in [2.24, 2.45) is 5.92 Å². The number of benzene rings is 2. The summed E-state index contributed by atoms with van der Waals surface area (Å²) in [5.74, 6) is 4.88. The summed E-state index contributed by atoms with van der Waals surface area (Å²) >= 11 is 7.83. The van der Waals surface area contributed by atoms with E-state index >= 15 is 0 Å². The topological polar surface area (TPSA) is 41.9 Å². The minimum Gasteiger partial charge on any atom is -0.493 e. The van der Waals surface area contributed by atoms with Crippen molar-refractivity contribution in [2.75, 3.05) is 50.2 Å². The number of alkyl halides is 1. The lowest BCUT2D eigenvalue weighted by molar-refractivity contribution is 0.0715. The molecule has 0 radical (unpaired) electrons. The molecule has 1 aliphatic heterocycles. The van der Waals surface area contributed by atoms with Gasteiger partial charge in [-0.1, -0.05) is 45.0 Å². The summed E-state index contributed by atoms with van der Waals surface area (Å²) in [7, 11) is 0. The zero-order valence-electron chi connectivity index (χ0n) is 19.4. The monoisotopic (exact) mass is 477 g/mol. The molecule has 0 spiro atoms. The largest absolute Gasteiger partial charge is 0.493 e. The van der Waals surface area contributed by atoms with E-state index in [1.165, 1.54) is 11.1 Å². The molecule has 1 aliphatic rings. The van der Waals surface area contributed by atoms with Crippen LogP contribution in [0.4, 0.5) is 0 Å². The molecule has 176 valence electrons. The third kappa shape index (κ3) is 7.31. The zero-order chi connectivity index (χ0) is 23.0. The van der Waals surface area contributed by atoms with Crippen molar-refractivity contribution in [2.45, 2.75) is 32.3 Å². The predicted octanol–water partition coefficient (Wildman–Crippen LogP) is 5.05. The van der Waals surface area contributed by atoms with Gasteiger partial charge in [-0.05, 0) is 35.4 Å². The molecule has 0 bridgehead atoms. The van der Waals surface area contributed by atoms with Crippen LogP contribution in [0.25, 0.3) is 0 Å². The van der Waals surface area contributed by atoms with Gasteiger partial charge in [0, 0.05) is 48.4 Å². The number of halogens is 1. The quantitative estimate of drug-likeness (QED) is 0.458. The maximum absolute atomic E-state index is 10.3. The number of nitrogens with zero attached hydrogens (tertiary/aromatic N) is 1. The van der Waals surface area contributed by atoms with Crippen LogP contribution in [0.5, 0.6) is 11.5 Å². The van der Waals surface area contributed by atoms with Gasteiger partial charge in [0.05, 0.1) is 6.61 Å². The Balaban J connectivity index is 1.53. The van der Waals surface area contributed by atoms with Gasteiger partial charge < -0.3 is 14.6 Å². The number of thioether (sulfide) groups is 1. The van der Waals surface area contributed by atoms with Gasteiger partial charge in [-0.2, -0.15) is 11.8 Å². The van der Waals surface area contributed by atoms with Gasteiger partial charge in [0.1, 0.15) is 24.2 Å². The average Bonchev–Trinajstić information content (AvgIpc) is 2.82. The minimum absolute atomic E-state index is 0.147. The Bertz CT molecular complexity index is 807. The van der Waals surface area contributed by atoms with Gasteiger partial charge >= 0.3 is 0 Å². The molecule has 2 aromatic carbocycles. The van der Waals surface area contributed by atoms with Crippen LogP contribution >= 0.6 is 23.4 Å². The third-order valence-electron chi connectivity index (χ3n) is 5.96. The molecule has 0 aliphatic carbocycles. The minimum atomic E-state index is -0.470. The molecule has 32 heavy (non-hydrogen) atoms. The van der Waals surface area contributed by atoms with Gasteiger partial charge in [0.2, 0.25) is 0 Å². The fourth-order valence-corrected chi connectivity index (χ4v) is 4.78. The van der Waals surface area contributed by atoms with E-state index in [9.17, 15) is 5.11 Å². The predicted molar refractivity (Wildman–Crippen MR) is 136 cm³/mol. The number of β-amino-alcohol motifs (C(OH)–C–C–N with tert-alkyl or cyclic N) is 1. The van der Waals surface area contributed by atoms with Crippen LogP contribution in [0.1, 0.15) is 31.9 Å². The Hall–Kier alpha value is -1.40. The molecule has 0 saturated carbocycles. The molecule has 4 nitrogen and oxygen atoms in total. The van der Waals surface area contributed by atoms with E-state index in [1.807, 2.05) is 36.0 Å². The second-order valence-corrected chi connectivity index (χ2v) is 10.7. The van der Waals surface area contributed by atoms with E-state index in [-0.39, 0.29) is 5.41 Å². The molecule has 1 heterocycles. The fourth-order valence-electron chi connectivity index (χ4n) is 3.71. The lowest BCUT2D eigenvalue weighted by Crippen LogP contribution is -2.40. The Morgan fingerprint density at radius 3 is 1.94 bits per heavy atom. The van der Waals surface area contributed by atoms with Crippen molar-refractivity contribution in [1.29, 1.82) is 0 Å². The lowest BCUT2D eigenvalue weighted by atomic mass is 9.78. The van der Waals surface area contributed by atoms with Crippen LogP contribution in [-0.2, 0) is 5.41 Å². The first-order chi connectivity index (χ1) is 15.4. The molecular formula is C26H36ClNO3S. The van der Waals surface area contributed by atoms with Crippen LogP contribution in [0.15, 0.2) is 48.5 Å². The number of ether oxygens (including phenoxy) is 2. The van der Waals surface area contributed by atoms with Crippen molar-refractivity contribution >= 4 is 23.4 Å². The number of aliphatic hydroxyl groups is 1. The van der Waals surface area contributed by atoms with E-state index in [0.717, 1.165) is 36.1 Å². The standard InChI is InChI=1S/C26H36ClNO3S/c1-20(16-27)18-30-24-8-4-21(5-9-24)26(2,3)22-6-10-25(11-7-22)31-19-23(29)17-28-12-14-32-15-13-28/h4-11,20,23,29H,12-19H2,1-3H3/t20-,23-/m1/s1. The molecule has 6 heteroatoms. The normalized spacial score (nSPS) is 17.0. The molecule has 1 N–H and O–H groups in total. The van der Waals surface area contributed by atoms with Crippen LogP contribution in [0.2, 0.25) is 0 Å². The Kier molecular flexibility index (Phi) is 9.60.